The molecule has 2 fully saturated rings. The van der Waals surface area contributed by atoms with E-state index in [1.807, 2.05) is 24.3 Å². The maximum Gasteiger partial charge on any atom is 0.220 e. The van der Waals surface area contributed by atoms with E-state index in [4.69, 9.17) is 11.6 Å². The summed E-state index contributed by atoms with van der Waals surface area (Å²) in [5, 5.41) is 3.48. The third kappa shape index (κ3) is 6.86. The predicted molar refractivity (Wildman–Crippen MR) is 118 cm³/mol. The Morgan fingerprint density at radius 2 is 1.69 bits per heavy atom. The van der Waals surface area contributed by atoms with Gasteiger partial charge in [-0.25, -0.2) is 8.42 Å². The van der Waals surface area contributed by atoms with Crippen LogP contribution in [0.2, 0.25) is 5.02 Å². The lowest BCUT2D eigenvalue weighted by Crippen LogP contribution is -2.50. The quantitative estimate of drug-likeness (QED) is 0.672. The van der Waals surface area contributed by atoms with Crippen LogP contribution in [0.15, 0.2) is 24.3 Å². The van der Waals surface area contributed by atoms with Gasteiger partial charge in [0, 0.05) is 49.9 Å². The predicted octanol–water partition coefficient (Wildman–Crippen LogP) is 3.27. The minimum atomic E-state index is -3.36. The van der Waals surface area contributed by atoms with Gasteiger partial charge in [0.15, 0.2) is 0 Å². The van der Waals surface area contributed by atoms with E-state index in [0.29, 0.717) is 43.5 Å². The molecule has 0 bridgehead atoms. The summed E-state index contributed by atoms with van der Waals surface area (Å²) in [6, 6.07) is 7.60. The first-order chi connectivity index (χ1) is 13.9. The van der Waals surface area contributed by atoms with Gasteiger partial charge in [0.1, 0.15) is 0 Å². The number of rotatable bonds is 8. The van der Waals surface area contributed by atoms with Crippen molar-refractivity contribution in [1.82, 2.24) is 9.62 Å². The van der Waals surface area contributed by atoms with Crippen molar-refractivity contribution < 1.29 is 13.2 Å². The Kier molecular flexibility index (Phi) is 8.21. The van der Waals surface area contributed by atoms with Crippen molar-refractivity contribution in [2.24, 2.45) is 5.92 Å². The van der Waals surface area contributed by atoms with E-state index in [-0.39, 0.29) is 18.2 Å². The van der Waals surface area contributed by atoms with E-state index in [1.165, 1.54) is 36.4 Å². The highest BCUT2D eigenvalue weighted by Gasteiger charge is 2.27. The molecule has 1 amide bonds. The van der Waals surface area contributed by atoms with Gasteiger partial charge >= 0.3 is 0 Å². The first kappa shape index (κ1) is 22.4. The molecule has 0 atom stereocenters. The molecule has 1 saturated heterocycles. The molecular formula is C21H32ClN3O3S. The summed E-state index contributed by atoms with van der Waals surface area (Å²) in [6.07, 6.45) is 7.74. The number of hydrogen-bond acceptors (Lipinski definition) is 4. The van der Waals surface area contributed by atoms with Crippen molar-refractivity contribution in [1.29, 1.82) is 0 Å². The van der Waals surface area contributed by atoms with Crippen molar-refractivity contribution in [3.8, 4) is 0 Å². The van der Waals surface area contributed by atoms with Gasteiger partial charge in [0.2, 0.25) is 15.9 Å². The molecule has 0 radical (unpaired) electrons. The van der Waals surface area contributed by atoms with Crippen LogP contribution in [0.4, 0.5) is 5.69 Å². The second-order valence-electron chi connectivity index (χ2n) is 8.07. The summed E-state index contributed by atoms with van der Waals surface area (Å²) in [4.78, 5) is 14.2. The standard InChI is InChI=1S/C21H32ClN3O3S/c22-19-7-9-20(10-8-19)24-13-15-25(16-14-24)29(27,28)17-12-23-21(26)11-6-18-4-2-1-3-5-18/h7-10,18H,1-6,11-17H2,(H,23,26). The third-order valence-electron chi connectivity index (χ3n) is 6.01. The highest BCUT2D eigenvalue weighted by Crippen LogP contribution is 2.27. The molecule has 0 aromatic heterocycles. The van der Waals surface area contributed by atoms with E-state index in [9.17, 15) is 13.2 Å². The molecule has 0 unspecified atom stereocenters. The molecule has 0 spiro atoms. The molecule has 3 rings (SSSR count). The number of carbonyl (C=O) groups excluding carboxylic acids is 1. The summed E-state index contributed by atoms with van der Waals surface area (Å²) in [5.41, 5.74) is 1.05. The molecular weight excluding hydrogens is 410 g/mol. The Balaban J connectivity index is 1.36. The average molecular weight is 442 g/mol. The van der Waals surface area contributed by atoms with E-state index in [0.717, 1.165) is 12.1 Å². The molecule has 1 N–H and O–H groups in total. The first-order valence-electron chi connectivity index (χ1n) is 10.7. The Labute approximate surface area is 179 Å². The van der Waals surface area contributed by atoms with Gasteiger partial charge in [-0.05, 0) is 36.6 Å². The van der Waals surface area contributed by atoms with Crippen LogP contribution in [0.3, 0.4) is 0 Å². The number of benzene rings is 1. The summed E-state index contributed by atoms with van der Waals surface area (Å²) in [5.74, 6) is 0.594. The zero-order valence-corrected chi connectivity index (χ0v) is 18.6. The molecule has 1 aromatic carbocycles. The summed E-state index contributed by atoms with van der Waals surface area (Å²) >= 11 is 5.93. The van der Waals surface area contributed by atoms with Crippen molar-refractivity contribution in [2.45, 2.75) is 44.9 Å². The van der Waals surface area contributed by atoms with Crippen LogP contribution in [0.25, 0.3) is 0 Å². The van der Waals surface area contributed by atoms with Gasteiger partial charge in [0.05, 0.1) is 5.75 Å². The van der Waals surface area contributed by atoms with Crippen LogP contribution < -0.4 is 10.2 Å². The summed E-state index contributed by atoms with van der Waals surface area (Å²) < 4.78 is 26.7. The van der Waals surface area contributed by atoms with Gasteiger partial charge in [-0.1, -0.05) is 43.7 Å². The van der Waals surface area contributed by atoms with Gasteiger partial charge in [-0.15, -0.1) is 0 Å². The lowest BCUT2D eigenvalue weighted by atomic mass is 9.86. The molecule has 6 nitrogen and oxygen atoms in total. The topological polar surface area (TPSA) is 69.7 Å². The summed E-state index contributed by atoms with van der Waals surface area (Å²) in [7, 11) is -3.36. The molecule has 29 heavy (non-hydrogen) atoms. The monoisotopic (exact) mass is 441 g/mol. The number of halogens is 1. The van der Waals surface area contributed by atoms with Crippen molar-refractivity contribution >= 4 is 33.2 Å². The van der Waals surface area contributed by atoms with Gasteiger partial charge in [0.25, 0.3) is 0 Å². The molecule has 1 aliphatic carbocycles. The molecule has 2 aliphatic rings. The number of amides is 1. The van der Waals surface area contributed by atoms with E-state index in [2.05, 4.69) is 10.2 Å². The van der Waals surface area contributed by atoms with Crippen LogP contribution in [-0.4, -0.2) is 57.1 Å². The van der Waals surface area contributed by atoms with Crippen molar-refractivity contribution in [2.75, 3.05) is 43.4 Å². The van der Waals surface area contributed by atoms with E-state index < -0.39 is 10.0 Å². The Morgan fingerprint density at radius 1 is 1.03 bits per heavy atom. The van der Waals surface area contributed by atoms with Crippen LogP contribution >= 0.6 is 11.6 Å². The first-order valence-corrected chi connectivity index (χ1v) is 12.7. The minimum Gasteiger partial charge on any atom is -0.369 e. The molecule has 8 heteroatoms. The van der Waals surface area contributed by atoms with Gasteiger partial charge < -0.3 is 10.2 Å². The van der Waals surface area contributed by atoms with E-state index >= 15 is 0 Å². The van der Waals surface area contributed by atoms with Crippen molar-refractivity contribution in [3.05, 3.63) is 29.3 Å². The Bertz CT molecular complexity index is 756. The number of nitrogens with zero attached hydrogens (tertiary/aromatic N) is 2. The minimum absolute atomic E-state index is 0.0293. The molecule has 1 aliphatic heterocycles. The largest absolute Gasteiger partial charge is 0.369 e. The fourth-order valence-corrected chi connectivity index (χ4v) is 5.69. The lowest BCUT2D eigenvalue weighted by Gasteiger charge is -2.35. The second-order valence-corrected chi connectivity index (χ2v) is 10.6. The second kappa shape index (κ2) is 10.6. The highest BCUT2D eigenvalue weighted by molar-refractivity contribution is 7.89. The lowest BCUT2D eigenvalue weighted by molar-refractivity contribution is -0.121. The van der Waals surface area contributed by atoms with Crippen molar-refractivity contribution in [3.63, 3.8) is 0 Å². The Hall–Kier alpha value is -1.31. The zero-order chi connectivity index (χ0) is 20.7. The molecule has 1 saturated carbocycles. The average Bonchev–Trinajstić information content (AvgIpc) is 2.73. The molecule has 1 heterocycles. The number of nitrogens with one attached hydrogen (secondary N) is 1. The highest BCUT2D eigenvalue weighted by atomic mass is 35.5. The van der Waals surface area contributed by atoms with Gasteiger partial charge in [-0.2, -0.15) is 4.31 Å². The van der Waals surface area contributed by atoms with Gasteiger partial charge in [-0.3, -0.25) is 4.79 Å². The number of sulfonamides is 1. The normalized spacial score (nSPS) is 19.3. The molecule has 162 valence electrons. The van der Waals surface area contributed by atoms with Crippen LogP contribution in [-0.2, 0) is 14.8 Å². The Morgan fingerprint density at radius 3 is 2.34 bits per heavy atom. The maximum atomic E-state index is 12.6. The number of carbonyl (C=O) groups is 1. The van der Waals surface area contributed by atoms with Crippen LogP contribution in [0, 0.1) is 5.92 Å². The fraction of sp³-hybridized carbons (Fsp3) is 0.667. The van der Waals surface area contributed by atoms with Crippen LogP contribution in [0.5, 0.6) is 0 Å². The number of anilines is 1. The van der Waals surface area contributed by atoms with E-state index in [1.54, 1.807) is 0 Å². The zero-order valence-electron chi connectivity index (χ0n) is 17.0. The number of hydrogen-bond donors (Lipinski definition) is 1. The van der Waals surface area contributed by atoms with Crippen LogP contribution in [0.1, 0.15) is 44.9 Å². The summed E-state index contributed by atoms with van der Waals surface area (Å²) in [6.45, 7) is 2.40. The fourth-order valence-electron chi connectivity index (χ4n) is 4.22. The third-order valence-corrected chi connectivity index (χ3v) is 8.13. The maximum absolute atomic E-state index is 12.6. The number of piperazine rings is 1. The SMILES string of the molecule is O=C(CCC1CCCCC1)NCCS(=O)(=O)N1CCN(c2ccc(Cl)cc2)CC1. The molecule has 1 aromatic rings. The smallest absolute Gasteiger partial charge is 0.220 e.